The normalized spacial score (nSPS) is 11.9. The highest BCUT2D eigenvalue weighted by atomic mass is 32.1. The van der Waals surface area contributed by atoms with Gasteiger partial charge in [-0.05, 0) is 72.2 Å². The standard InChI is InChI=1S/C30H36N2O6S/c1-20(2)16-32(30(34)23-7-9-25-27(15-23)38-19-37-25)18-29(33)31(17-28-21(3)11-13-39-28)12-10-22-6-8-24(35-4)26(14-22)36-5/h6-9,11,13-15,20H,10,12,16-19H2,1-5H3. The Labute approximate surface area is 234 Å². The number of hydrogen-bond acceptors (Lipinski definition) is 7. The molecule has 3 aromatic rings. The molecule has 0 unspecified atom stereocenters. The molecule has 8 nitrogen and oxygen atoms in total. The summed E-state index contributed by atoms with van der Waals surface area (Å²) in [5, 5.41) is 2.04. The molecule has 0 aliphatic carbocycles. The van der Waals surface area contributed by atoms with Gasteiger partial charge in [-0.2, -0.15) is 0 Å². The number of nitrogens with zero attached hydrogens (tertiary/aromatic N) is 2. The molecule has 2 aromatic carbocycles. The molecule has 0 fully saturated rings. The van der Waals surface area contributed by atoms with Crippen molar-refractivity contribution in [3.8, 4) is 23.0 Å². The van der Waals surface area contributed by atoms with Gasteiger partial charge in [-0.15, -0.1) is 11.3 Å². The van der Waals surface area contributed by atoms with E-state index in [-0.39, 0.29) is 31.1 Å². The Morgan fingerprint density at radius 1 is 0.974 bits per heavy atom. The van der Waals surface area contributed by atoms with Crippen LogP contribution in [-0.2, 0) is 17.8 Å². The molecular weight excluding hydrogens is 516 g/mol. The van der Waals surface area contributed by atoms with Crippen LogP contribution in [0.25, 0.3) is 0 Å². The van der Waals surface area contributed by atoms with Gasteiger partial charge in [0.1, 0.15) is 6.54 Å². The number of rotatable bonds is 12. The molecule has 1 aromatic heterocycles. The van der Waals surface area contributed by atoms with Crippen LogP contribution in [0.1, 0.15) is 40.2 Å². The topological polar surface area (TPSA) is 77.5 Å². The van der Waals surface area contributed by atoms with Crippen molar-refractivity contribution in [1.29, 1.82) is 0 Å². The second kappa shape index (κ2) is 12.9. The van der Waals surface area contributed by atoms with Gasteiger partial charge in [-0.25, -0.2) is 0 Å². The molecular formula is C30H36N2O6S. The summed E-state index contributed by atoms with van der Waals surface area (Å²) in [6.07, 6.45) is 0.636. The molecule has 2 heterocycles. The fraction of sp³-hybridized carbons (Fsp3) is 0.400. The lowest BCUT2D eigenvalue weighted by Crippen LogP contribution is -2.44. The van der Waals surface area contributed by atoms with E-state index in [0.717, 1.165) is 16.0 Å². The van der Waals surface area contributed by atoms with Crippen LogP contribution in [0.2, 0.25) is 0 Å². The monoisotopic (exact) mass is 552 g/mol. The predicted octanol–water partition coefficient (Wildman–Crippen LogP) is 5.17. The highest BCUT2D eigenvalue weighted by Gasteiger charge is 2.25. The van der Waals surface area contributed by atoms with Crippen molar-refractivity contribution in [3.05, 3.63) is 69.4 Å². The molecule has 0 saturated heterocycles. The summed E-state index contributed by atoms with van der Waals surface area (Å²) in [6.45, 7) is 7.70. The van der Waals surface area contributed by atoms with Crippen molar-refractivity contribution in [2.45, 2.75) is 33.7 Å². The zero-order chi connectivity index (χ0) is 27.9. The van der Waals surface area contributed by atoms with Crippen LogP contribution in [0, 0.1) is 12.8 Å². The number of carbonyl (C=O) groups excluding carboxylic acids is 2. The first-order chi connectivity index (χ1) is 18.8. The summed E-state index contributed by atoms with van der Waals surface area (Å²) in [4.78, 5) is 32.0. The van der Waals surface area contributed by atoms with E-state index in [4.69, 9.17) is 18.9 Å². The zero-order valence-electron chi connectivity index (χ0n) is 23.2. The number of amides is 2. The fourth-order valence-electron chi connectivity index (χ4n) is 4.47. The highest BCUT2D eigenvalue weighted by Crippen LogP contribution is 2.33. The van der Waals surface area contributed by atoms with Crippen LogP contribution in [0.3, 0.4) is 0 Å². The summed E-state index contributed by atoms with van der Waals surface area (Å²) >= 11 is 1.64. The third kappa shape index (κ3) is 7.03. The van der Waals surface area contributed by atoms with E-state index in [2.05, 4.69) is 13.0 Å². The van der Waals surface area contributed by atoms with E-state index >= 15 is 0 Å². The SMILES string of the molecule is COc1ccc(CCN(Cc2sccc2C)C(=O)CN(CC(C)C)C(=O)c2ccc3c(c2)OCO3)cc1OC. The Hall–Kier alpha value is -3.72. The maximum absolute atomic E-state index is 13.8. The van der Waals surface area contributed by atoms with E-state index in [1.165, 1.54) is 0 Å². The molecule has 4 rings (SSSR count). The van der Waals surface area contributed by atoms with Crippen LogP contribution in [0.15, 0.2) is 47.8 Å². The van der Waals surface area contributed by atoms with E-state index < -0.39 is 0 Å². The van der Waals surface area contributed by atoms with Gasteiger partial charge in [0.25, 0.3) is 5.91 Å². The Balaban J connectivity index is 1.53. The molecule has 39 heavy (non-hydrogen) atoms. The molecule has 9 heteroatoms. The summed E-state index contributed by atoms with van der Waals surface area (Å²) in [7, 11) is 3.21. The lowest BCUT2D eigenvalue weighted by molar-refractivity contribution is -0.132. The highest BCUT2D eigenvalue weighted by molar-refractivity contribution is 7.10. The molecule has 2 amide bonds. The Kier molecular flexibility index (Phi) is 9.35. The summed E-state index contributed by atoms with van der Waals surface area (Å²) in [5.41, 5.74) is 2.65. The molecule has 0 bridgehead atoms. The lowest BCUT2D eigenvalue weighted by atomic mass is 10.1. The lowest BCUT2D eigenvalue weighted by Gasteiger charge is -2.29. The van der Waals surface area contributed by atoms with E-state index in [1.807, 2.05) is 42.3 Å². The second-order valence-corrected chi connectivity index (χ2v) is 10.9. The van der Waals surface area contributed by atoms with Crippen molar-refractivity contribution in [1.82, 2.24) is 9.80 Å². The molecule has 0 saturated carbocycles. The number of aryl methyl sites for hydroxylation is 1. The largest absolute Gasteiger partial charge is 0.493 e. The molecule has 0 radical (unpaired) electrons. The molecule has 0 atom stereocenters. The van der Waals surface area contributed by atoms with Crippen molar-refractivity contribution in [2.24, 2.45) is 5.92 Å². The van der Waals surface area contributed by atoms with Crippen LogP contribution >= 0.6 is 11.3 Å². The molecule has 1 aliphatic rings. The minimum atomic E-state index is -0.206. The average molecular weight is 553 g/mol. The van der Waals surface area contributed by atoms with Gasteiger partial charge in [0.2, 0.25) is 12.7 Å². The van der Waals surface area contributed by atoms with Gasteiger partial charge in [0.15, 0.2) is 23.0 Å². The van der Waals surface area contributed by atoms with E-state index in [0.29, 0.717) is 54.6 Å². The third-order valence-corrected chi connectivity index (χ3v) is 7.60. The number of methoxy groups -OCH3 is 2. The minimum Gasteiger partial charge on any atom is -0.493 e. The van der Waals surface area contributed by atoms with Crippen LogP contribution in [-0.4, -0.2) is 62.3 Å². The van der Waals surface area contributed by atoms with Crippen LogP contribution in [0.5, 0.6) is 23.0 Å². The smallest absolute Gasteiger partial charge is 0.254 e. The fourth-order valence-corrected chi connectivity index (χ4v) is 5.39. The Morgan fingerprint density at radius 2 is 1.74 bits per heavy atom. The Morgan fingerprint density at radius 3 is 2.44 bits per heavy atom. The number of benzene rings is 2. The van der Waals surface area contributed by atoms with Gasteiger partial charge in [0.05, 0.1) is 20.8 Å². The maximum atomic E-state index is 13.8. The first-order valence-electron chi connectivity index (χ1n) is 13.0. The first kappa shape index (κ1) is 28.3. The number of carbonyl (C=O) groups is 2. The Bertz CT molecular complexity index is 1300. The van der Waals surface area contributed by atoms with E-state index in [9.17, 15) is 9.59 Å². The maximum Gasteiger partial charge on any atom is 0.254 e. The molecule has 0 N–H and O–H groups in total. The predicted molar refractivity (Wildman–Crippen MR) is 151 cm³/mol. The summed E-state index contributed by atoms with van der Waals surface area (Å²) in [5.74, 6) is 2.36. The zero-order valence-corrected chi connectivity index (χ0v) is 24.0. The van der Waals surface area contributed by atoms with Gasteiger partial charge in [-0.1, -0.05) is 19.9 Å². The van der Waals surface area contributed by atoms with E-state index in [1.54, 1.807) is 48.7 Å². The van der Waals surface area contributed by atoms with Gasteiger partial charge >= 0.3 is 0 Å². The number of hydrogen-bond donors (Lipinski definition) is 0. The minimum absolute atomic E-state index is 0.0121. The second-order valence-electron chi connectivity index (χ2n) is 9.93. The van der Waals surface area contributed by atoms with Crippen LogP contribution < -0.4 is 18.9 Å². The summed E-state index contributed by atoms with van der Waals surface area (Å²) in [6, 6.07) is 13.0. The van der Waals surface area contributed by atoms with Gasteiger partial charge in [0, 0.05) is 23.5 Å². The van der Waals surface area contributed by atoms with Gasteiger partial charge < -0.3 is 28.7 Å². The van der Waals surface area contributed by atoms with Crippen molar-refractivity contribution in [3.63, 3.8) is 0 Å². The number of ether oxygens (including phenoxy) is 4. The quantitative estimate of drug-likeness (QED) is 0.309. The van der Waals surface area contributed by atoms with Crippen molar-refractivity contribution >= 4 is 23.2 Å². The van der Waals surface area contributed by atoms with Crippen LogP contribution in [0.4, 0.5) is 0 Å². The van der Waals surface area contributed by atoms with Crippen molar-refractivity contribution in [2.75, 3.05) is 40.6 Å². The molecule has 208 valence electrons. The third-order valence-electron chi connectivity index (χ3n) is 6.59. The molecule has 0 spiro atoms. The number of fused-ring (bicyclic) bond motifs is 1. The first-order valence-corrected chi connectivity index (χ1v) is 13.9. The van der Waals surface area contributed by atoms with Crippen molar-refractivity contribution < 1.29 is 28.5 Å². The average Bonchev–Trinajstić information content (AvgIpc) is 3.57. The van der Waals surface area contributed by atoms with Gasteiger partial charge in [-0.3, -0.25) is 9.59 Å². The summed E-state index contributed by atoms with van der Waals surface area (Å²) < 4.78 is 21.7. The number of thiophene rings is 1. The molecule has 1 aliphatic heterocycles.